The molecule has 5 nitrogen and oxygen atoms in total. The Labute approximate surface area is 148 Å². The zero-order valence-electron chi connectivity index (χ0n) is 15.2. The Kier molecular flexibility index (Phi) is 3.57. The number of fused-ring (bicyclic) bond motifs is 4. The molecule has 0 aromatic rings. The average Bonchev–Trinajstić information content (AvgIpc) is 2.84. The van der Waals surface area contributed by atoms with Crippen molar-refractivity contribution >= 4 is 5.97 Å². The molecule has 0 radical (unpaired) electrons. The summed E-state index contributed by atoms with van der Waals surface area (Å²) in [5, 5.41) is 32.0. The Morgan fingerprint density at radius 2 is 1.96 bits per heavy atom. The lowest BCUT2D eigenvalue weighted by Gasteiger charge is -2.62. The van der Waals surface area contributed by atoms with E-state index in [0.29, 0.717) is 18.1 Å². The fraction of sp³-hybridized carbons (Fsp3) is 0.750. The van der Waals surface area contributed by atoms with E-state index < -0.39 is 24.3 Å². The van der Waals surface area contributed by atoms with E-state index in [-0.39, 0.29) is 27.9 Å². The molecule has 4 aliphatic rings. The number of hydrogen-bond acceptors (Lipinski definition) is 5. The van der Waals surface area contributed by atoms with Gasteiger partial charge < -0.3 is 20.1 Å². The number of aliphatic hydroxyl groups excluding tert-OH is 2. The lowest BCUT2D eigenvalue weighted by molar-refractivity contribution is -0.194. The second-order valence-electron chi connectivity index (χ2n) is 9.28. The smallest absolute Gasteiger partial charge is 0.342 e. The Morgan fingerprint density at radius 1 is 1.24 bits per heavy atom. The van der Waals surface area contributed by atoms with E-state index in [2.05, 4.69) is 20.8 Å². The van der Waals surface area contributed by atoms with E-state index >= 15 is 0 Å². The quantitative estimate of drug-likeness (QED) is 0.632. The molecule has 0 spiro atoms. The van der Waals surface area contributed by atoms with E-state index in [1.165, 1.54) is 6.42 Å². The van der Waals surface area contributed by atoms with Crippen LogP contribution in [-0.2, 0) is 9.53 Å². The summed E-state index contributed by atoms with van der Waals surface area (Å²) in [6.07, 6.45) is 5.26. The van der Waals surface area contributed by atoms with E-state index in [4.69, 9.17) is 4.74 Å². The molecule has 2 saturated carbocycles. The van der Waals surface area contributed by atoms with E-state index in [1.807, 2.05) is 6.08 Å². The van der Waals surface area contributed by atoms with Crippen LogP contribution in [0.25, 0.3) is 0 Å². The third-order valence-corrected chi connectivity index (χ3v) is 7.62. The molecule has 0 amide bonds. The molecule has 1 unspecified atom stereocenters. The number of carbonyl (C=O) groups excluding carboxylic acids is 1. The van der Waals surface area contributed by atoms with Crippen LogP contribution in [0, 0.1) is 22.7 Å². The molecular formula is C20H28O5. The van der Waals surface area contributed by atoms with Gasteiger partial charge in [0.05, 0.1) is 12.2 Å². The minimum absolute atomic E-state index is 0.0712. The van der Waals surface area contributed by atoms with Gasteiger partial charge in [0.15, 0.2) is 0 Å². The Hall–Kier alpha value is -1.17. The third kappa shape index (κ3) is 2.09. The molecule has 1 heterocycles. The maximum atomic E-state index is 12.0. The first kappa shape index (κ1) is 17.3. The summed E-state index contributed by atoms with van der Waals surface area (Å²) in [6.45, 7) is 6.33. The van der Waals surface area contributed by atoms with Crippen LogP contribution < -0.4 is 0 Å². The predicted octanol–water partition coefficient (Wildman–Crippen LogP) is 2.06. The van der Waals surface area contributed by atoms with Crippen LogP contribution in [0.1, 0.15) is 52.9 Å². The summed E-state index contributed by atoms with van der Waals surface area (Å²) in [4.78, 5) is 12.0. The Morgan fingerprint density at radius 3 is 2.64 bits per heavy atom. The van der Waals surface area contributed by atoms with Gasteiger partial charge in [-0.3, -0.25) is 0 Å². The summed E-state index contributed by atoms with van der Waals surface area (Å²) < 4.78 is 5.33. The molecule has 1 aliphatic heterocycles. The predicted molar refractivity (Wildman–Crippen MR) is 91.2 cm³/mol. The Bertz CT molecular complexity index is 690. The van der Waals surface area contributed by atoms with Crippen LogP contribution >= 0.6 is 0 Å². The standard InChI is InChI=1S/C20H28O5/c1-18(2)6-4-7-19(3)13(18)5-8-20(24)14(19)9-12-15(16(20)22)11(10-21)17(23)25-12/h9,13-14,16,21-22,24H,4-8,10H2,1-3H3/t13?,14-,16+,19+,20+/m0/s1. The van der Waals surface area contributed by atoms with Gasteiger partial charge in [-0.05, 0) is 48.5 Å². The first-order valence-corrected chi connectivity index (χ1v) is 9.34. The molecule has 0 saturated heterocycles. The number of ether oxygens (including phenoxy) is 1. The molecule has 3 aliphatic carbocycles. The van der Waals surface area contributed by atoms with Crippen LogP contribution in [-0.4, -0.2) is 39.6 Å². The summed E-state index contributed by atoms with van der Waals surface area (Å²) >= 11 is 0. The summed E-state index contributed by atoms with van der Waals surface area (Å²) in [6, 6.07) is 0. The van der Waals surface area contributed by atoms with Gasteiger partial charge in [-0.1, -0.05) is 27.2 Å². The molecule has 5 heteroatoms. The molecule has 25 heavy (non-hydrogen) atoms. The van der Waals surface area contributed by atoms with Crippen molar-refractivity contribution in [1.29, 1.82) is 0 Å². The van der Waals surface area contributed by atoms with Crippen molar-refractivity contribution in [2.75, 3.05) is 6.61 Å². The maximum Gasteiger partial charge on any atom is 0.342 e. The maximum absolute atomic E-state index is 12.0. The zero-order chi connectivity index (χ0) is 18.2. The second kappa shape index (κ2) is 5.18. The summed E-state index contributed by atoms with van der Waals surface area (Å²) in [5.74, 6) is -0.0989. The number of esters is 1. The van der Waals surface area contributed by atoms with Gasteiger partial charge >= 0.3 is 5.97 Å². The van der Waals surface area contributed by atoms with Crippen molar-refractivity contribution in [3.63, 3.8) is 0 Å². The van der Waals surface area contributed by atoms with E-state index in [9.17, 15) is 20.1 Å². The number of rotatable bonds is 1. The van der Waals surface area contributed by atoms with Gasteiger partial charge in [0.1, 0.15) is 17.5 Å². The molecule has 138 valence electrons. The molecule has 0 bridgehead atoms. The lowest BCUT2D eigenvalue weighted by Crippen LogP contribution is -2.63. The lowest BCUT2D eigenvalue weighted by atomic mass is 9.44. The van der Waals surface area contributed by atoms with Crippen molar-refractivity contribution in [2.45, 2.75) is 64.6 Å². The fourth-order valence-electron chi connectivity index (χ4n) is 6.45. The van der Waals surface area contributed by atoms with Gasteiger partial charge in [0, 0.05) is 11.5 Å². The number of carbonyl (C=O) groups is 1. The van der Waals surface area contributed by atoms with Crippen LogP contribution in [0.3, 0.4) is 0 Å². The van der Waals surface area contributed by atoms with Crippen molar-refractivity contribution in [3.05, 3.63) is 23.0 Å². The molecule has 3 N–H and O–H groups in total. The van der Waals surface area contributed by atoms with E-state index in [0.717, 1.165) is 19.3 Å². The van der Waals surface area contributed by atoms with Crippen LogP contribution in [0.4, 0.5) is 0 Å². The van der Waals surface area contributed by atoms with Crippen molar-refractivity contribution in [1.82, 2.24) is 0 Å². The van der Waals surface area contributed by atoms with Crippen LogP contribution in [0.2, 0.25) is 0 Å². The molecule has 2 fully saturated rings. The normalized spacial score (nSPS) is 45.3. The highest BCUT2D eigenvalue weighted by atomic mass is 16.5. The summed E-state index contributed by atoms with van der Waals surface area (Å²) in [5.41, 5.74) is -0.921. The summed E-state index contributed by atoms with van der Waals surface area (Å²) in [7, 11) is 0. The second-order valence-corrected chi connectivity index (χ2v) is 9.28. The SMILES string of the molecule is CC1(C)CCC[C@]2(C)C1CC[C@]1(O)[C@H](O)C3=C(CO)C(=O)OC3=C[C@H]12. The van der Waals surface area contributed by atoms with Gasteiger partial charge in [0.2, 0.25) is 0 Å². The molecule has 0 aromatic heterocycles. The highest BCUT2D eigenvalue weighted by Crippen LogP contribution is 2.65. The van der Waals surface area contributed by atoms with Gasteiger partial charge in [-0.2, -0.15) is 0 Å². The Balaban J connectivity index is 1.86. The van der Waals surface area contributed by atoms with Gasteiger partial charge in [-0.15, -0.1) is 0 Å². The minimum atomic E-state index is -1.31. The fourth-order valence-corrected chi connectivity index (χ4v) is 6.45. The van der Waals surface area contributed by atoms with Crippen LogP contribution in [0.15, 0.2) is 23.0 Å². The largest absolute Gasteiger partial charge is 0.423 e. The first-order valence-electron chi connectivity index (χ1n) is 9.34. The average molecular weight is 348 g/mol. The first-order chi connectivity index (χ1) is 11.6. The third-order valence-electron chi connectivity index (χ3n) is 7.62. The van der Waals surface area contributed by atoms with Crippen molar-refractivity contribution in [2.24, 2.45) is 22.7 Å². The molecule has 5 atom stereocenters. The monoisotopic (exact) mass is 348 g/mol. The van der Waals surface area contributed by atoms with Gasteiger partial charge in [0.25, 0.3) is 0 Å². The van der Waals surface area contributed by atoms with Gasteiger partial charge in [-0.25, -0.2) is 4.79 Å². The highest BCUT2D eigenvalue weighted by Gasteiger charge is 2.64. The topological polar surface area (TPSA) is 87.0 Å². The number of hydrogen-bond donors (Lipinski definition) is 3. The zero-order valence-corrected chi connectivity index (χ0v) is 15.2. The van der Waals surface area contributed by atoms with Crippen molar-refractivity contribution in [3.8, 4) is 0 Å². The number of aliphatic hydroxyl groups is 3. The van der Waals surface area contributed by atoms with Crippen LogP contribution in [0.5, 0.6) is 0 Å². The molecule has 4 rings (SSSR count). The minimum Gasteiger partial charge on any atom is -0.423 e. The highest BCUT2D eigenvalue weighted by molar-refractivity contribution is 5.95. The van der Waals surface area contributed by atoms with Crippen molar-refractivity contribution < 1.29 is 24.9 Å². The van der Waals surface area contributed by atoms with E-state index in [1.54, 1.807) is 0 Å². The molecular weight excluding hydrogens is 320 g/mol. The molecule has 0 aromatic carbocycles.